The topological polar surface area (TPSA) is 68.3 Å². The van der Waals surface area contributed by atoms with Gasteiger partial charge in [-0.25, -0.2) is 0 Å². The van der Waals surface area contributed by atoms with Crippen molar-refractivity contribution in [1.29, 1.82) is 0 Å². The Bertz CT molecular complexity index is 953. The summed E-state index contributed by atoms with van der Waals surface area (Å²) in [6, 6.07) is 8.02. The van der Waals surface area contributed by atoms with E-state index in [0.29, 0.717) is 22.5 Å². The molecule has 0 aliphatic heterocycles. The standard InChI is InChI=1S/C22H23F3N2O3/c1-13-7-15(3-6-20(13)30-12-22(23,24)25)11-26-21(29)17-8-14(2)27-18(9-17)10-19(28)16-4-5-16/h3,6-9,16H,4-5,10-12H2,1-2H3,(H,26,29). The van der Waals surface area contributed by atoms with E-state index in [0.717, 1.165) is 18.4 Å². The van der Waals surface area contributed by atoms with E-state index in [9.17, 15) is 22.8 Å². The van der Waals surface area contributed by atoms with Crippen molar-refractivity contribution in [3.05, 3.63) is 58.4 Å². The van der Waals surface area contributed by atoms with Gasteiger partial charge in [-0.3, -0.25) is 14.6 Å². The van der Waals surface area contributed by atoms with Crippen LogP contribution < -0.4 is 10.1 Å². The van der Waals surface area contributed by atoms with Gasteiger partial charge in [-0.2, -0.15) is 13.2 Å². The lowest BCUT2D eigenvalue weighted by Gasteiger charge is -2.13. The number of carbonyl (C=O) groups is 2. The fourth-order valence-corrected chi connectivity index (χ4v) is 3.11. The summed E-state index contributed by atoms with van der Waals surface area (Å²) in [4.78, 5) is 28.9. The second kappa shape index (κ2) is 8.85. The second-order valence-corrected chi connectivity index (χ2v) is 7.59. The number of halogens is 3. The van der Waals surface area contributed by atoms with Gasteiger partial charge >= 0.3 is 6.18 Å². The number of hydrogen-bond acceptors (Lipinski definition) is 4. The Morgan fingerprint density at radius 2 is 1.90 bits per heavy atom. The number of aromatic nitrogens is 1. The molecule has 0 spiro atoms. The van der Waals surface area contributed by atoms with Gasteiger partial charge in [-0.1, -0.05) is 12.1 Å². The molecule has 1 amide bonds. The summed E-state index contributed by atoms with van der Waals surface area (Å²) in [6.45, 7) is 2.27. The number of amides is 1. The van der Waals surface area contributed by atoms with Gasteiger partial charge in [0.25, 0.3) is 5.91 Å². The van der Waals surface area contributed by atoms with Crippen LogP contribution >= 0.6 is 0 Å². The zero-order valence-electron chi connectivity index (χ0n) is 16.8. The van der Waals surface area contributed by atoms with Gasteiger partial charge in [-0.05, 0) is 56.0 Å². The van der Waals surface area contributed by atoms with E-state index in [4.69, 9.17) is 4.74 Å². The van der Waals surface area contributed by atoms with Crippen LogP contribution in [-0.2, 0) is 17.8 Å². The van der Waals surface area contributed by atoms with Crippen LogP contribution in [0, 0.1) is 19.8 Å². The maximum Gasteiger partial charge on any atom is 0.422 e. The van der Waals surface area contributed by atoms with Gasteiger partial charge in [0.15, 0.2) is 6.61 Å². The number of aryl methyl sites for hydroxylation is 2. The number of benzene rings is 1. The molecule has 1 aliphatic rings. The number of nitrogens with one attached hydrogen (secondary N) is 1. The van der Waals surface area contributed by atoms with E-state index in [-0.39, 0.29) is 36.3 Å². The molecule has 1 N–H and O–H groups in total. The van der Waals surface area contributed by atoms with Gasteiger partial charge < -0.3 is 10.1 Å². The molecule has 1 saturated carbocycles. The molecule has 1 heterocycles. The summed E-state index contributed by atoms with van der Waals surface area (Å²) in [5.41, 5.74) is 2.94. The highest BCUT2D eigenvalue weighted by atomic mass is 19.4. The van der Waals surface area contributed by atoms with Crippen LogP contribution in [0.2, 0.25) is 0 Å². The molecule has 2 aromatic rings. The molecule has 1 aromatic heterocycles. The lowest BCUT2D eigenvalue weighted by atomic mass is 10.1. The molecule has 3 rings (SSSR count). The maximum absolute atomic E-state index is 12.5. The number of ketones is 1. The lowest BCUT2D eigenvalue weighted by Crippen LogP contribution is -2.23. The molecule has 0 unspecified atom stereocenters. The van der Waals surface area contributed by atoms with Gasteiger partial charge in [0.2, 0.25) is 0 Å². The minimum atomic E-state index is -4.40. The van der Waals surface area contributed by atoms with Crippen LogP contribution in [0.25, 0.3) is 0 Å². The SMILES string of the molecule is Cc1cc(C(=O)NCc2ccc(OCC(F)(F)F)c(C)c2)cc(CC(=O)C2CC2)n1. The zero-order valence-corrected chi connectivity index (χ0v) is 16.8. The van der Waals surface area contributed by atoms with Crippen molar-refractivity contribution in [2.75, 3.05) is 6.61 Å². The molecule has 1 fully saturated rings. The summed E-state index contributed by atoms with van der Waals surface area (Å²) in [7, 11) is 0. The predicted octanol–water partition coefficient (Wildman–Crippen LogP) is 4.09. The van der Waals surface area contributed by atoms with Crippen molar-refractivity contribution in [3.63, 3.8) is 0 Å². The lowest BCUT2D eigenvalue weighted by molar-refractivity contribution is -0.153. The molecule has 1 aromatic carbocycles. The number of rotatable bonds is 8. The van der Waals surface area contributed by atoms with Crippen molar-refractivity contribution < 1.29 is 27.5 Å². The first-order chi connectivity index (χ1) is 14.1. The van der Waals surface area contributed by atoms with E-state index in [2.05, 4.69) is 10.3 Å². The molecule has 30 heavy (non-hydrogen) atoms. The van der Waals surface area contributed by atoms with Gasteiger partial charge in [0.05, 0.1) is 0 Å². The van der Waals surface area contributed by atoms with Crippen molar-refractivity contribution in [1.82, 2.24) is 10.3 Å². The molecule has 5 nitrogen and oxygen atoms in total. The minimum Gasteiger partial charge on any atom is -0.484 e. The number of hydrogen-bond donors (Lipinski definition) is 1. The number of alkyl halides is 3. The molecular weight excluding hydrogens is 397 g/mol. The highest BCUT2D eigenvalue weighted by Gasteiger charge is 2.30. The first-order valence-corrected chi connectivity index (χ1v) is 9.68. The summed E-state index contributed by atoms with van der Waals surface area (Å²) in [5, 5.41) is 2.79. The first-order valence-electron chi connectivity index (χ1n) is 9.68. The predicted molar refractivity (Wildman–Crippen MR) is 104 cm³/mol. The quantitative estimate of drug-likeness (QED) is 0.699. The Balaban J connectivity index is 1.60. The van der Waals surface area contributed by atoms with Crippen molar-refractivity contribution >= 4 is 11.7 Å². The number of carbonyl (C=O) groups excluding carboxylic acids is 2. The number of ether oxygens (including phenoxy) is 1. The summed E-state index contributed by atoms with van der Waals surface area (Å²) >= 11 is 0. The summed E-state index contributed by atoms with van der Waals surface area (Å²) < 4.78 is 41.7. The Kier molecular flexibility index (Phi) is 6.43. The van der Waals surface area contributed by atoms with E-state index >= 15 is 0 Å². The van der Waals surface area contributed by atoms with Crippen LogP contribution in [0.4, 0.5) is 13.2 Å². The third-order valence-electron chi connectivity index (χ3n) is 4.74. The number of pyridine rings is 1. The molecule has 0 bridgehead atoms. The average Bonchev–Trinajstić information content (AvgIpc) is 3.49. The molecule has 0 radical (unpaired) electrons. The minimum absolute atomic E-state index is 0.135. The third kappa shape index (κ3) is 6.30. The van der Waals surface area contributed by atoms with Gasteiger partial charge in [0.1, 0.15) is 11.5 Å². The van der Waals surface area contributed by atoms with Crippen molar-refractivity contribution in [2.45, 2.75) is 45.8 Å². The zero-order chi connectivity index (χ0) is 21.9. The van der Waals surface area contributed by atoms with Gasteiger partial charge in [-0.15, -0.1) is 0 Å². The normalized spacial score (nSPS) is 13.8. The highest BCUT2D eigenvalue weighted by molar-refractivity contribution is 5.94. The smallest absolute Gasteiger partial charge is 0.422 e. The second-order valence-electron chi connectivity index (χ2n) is 7.59. The van der Waals surface area contributed by atoms with Crippen molar-refractivity contribution in [3.8, 4) is 5.75 Å². The molecule has 8 heteroatoms. The molecule has 0 atom stereocenters. The average molecular weight is 420 g/mol. The molecule has 1 aliphatic carbocycles. The number of Topliss-reactive ketones (excluding diaryl/α,β-unsaturated/α-hetero) is 1. The molecule has 160 valence electrons. The Morgan fingerprint density at radius 3 is 2.53 bits per heavy atom. The molecule has 0 saturated heterocycles. The Labute approximate surface area is 172 Å². The van der Waals surface area contributed by atoms with Crippen molar-refractivity contribution in [2.24, 2.45) is 5.92 Å². The highest BCUT2D eigenvalue weighted by Crippen LogP contribution is 2.30. The summed E-state index contributed by atoms with van der Waals surface area (Å²) in [5.74, 6) is 0.131. The Hall–Kier alpha value is -2.90. The fraction of sp³-hybridized carbons (Fsp3) is 0.409. The maximum atomic E-state index is 12.5. The van der Waals surface area contributed by atoms with Crippen LogP contribution in [0.3, 0.4) is 0 Å². The van der Waals surface area contributed by atoms with Crippen LogP contribution in [-0.4, -0.2) is 29.5 Å². The van der Waals surface area contributed by atoms with Crippen LogP contribution in [0.1, 0.15) is 45.7 Å². The van der Waals surface area contributed by atoms with Crippen LogP contribution in [0.5, 0.6) is 5.75 Å². The summed E-state index contributed by atoms with van der Waals surface area (Å²) in [6.07, 6.45) is -2.32. The van der Waals surface area contributed by atoms with E-state index in [1.807, 2.05) is 0 Å². The van der Waals surface area contributed by atoms with E-state index < -0.39 is 12.8 Å². The largest absolute Gasteiger partial charge is 0.484 e. The first kappa shape index (κ1) is 21.8. The third-order valence-corrected chi connectivity index (χ3v) is 4.74. The van der Waals surface area contributed by atoms with Crippen LogP contribution in [0.15, 0.2) is 30.3 Å². The molecular formula is C22H23F3N2O3. The Morgan fingerprint density at radius 1 is 1.17 bits per heavy atom. The van der Waals surface area contributed by atoms with Gasteiger partial charge in [0, 0.05) is 35.8 Å². The monoisotopic (exact) mass is 420 g/mol. The van der Waals surface area contributed by atoms with E-state index in [1.54, 1.807) is 38.1 Å². The van der Waals surface area contributed by atoms with E-state index in [1.165, 1.54) is 6.07 Å². The fourth-order valence-electron chi connectivity index (χ4n) is 3.11. The number of nitrogens with zero attached hydrogens (tertiary/aromatic N) is 1.